The molecule has 0 aliphatic carbocycles. The van der Waals surface area contributed by atoms with Gasteiger partial charge in [0.25, 0.3) is 5.91 Å². The van der Waals surface area contributed by atoms with Gasteiger partial charge in [0.05, 0.1) is 10.6 Å². The van der Waals surface area contributed by atoms with E-state index in [2.05, 4.69) is 15.5 Å². The molecule has 1 fully saturated rings. The number of carbonyl (C=O) groups excluding carboxylic acids is 1. The first-order valence-corrected chi connectivity index (χ1v) is 10.5. The Morgan fingerprint density at radius 1 is 1.04 bits per heavy atom. The van der Waals surface area contributed by atoms with E-state index in [-0.39, 0.29) is 10.8 Å². The van der Waals surface area contributed by atoms with Crippen molar-refractivity contribution in [3.05, 3.63) is 66.4 Å². The van der Waals surface area contributed by atoms with Gasteiger partial charge in [0.2, 0.25) is 10.0 Å². The molecule has 1 aliphatic heterocycles. The first-order chi connectivity index (χ1) is 13.5. The number of carbonyl (C=O) groups is 1. The van der Waals surface area contributed by atoms with E-state index < -0.39 is 10.0 Å². The number of amides is 1. The normalized spacial score (nSPS) is 14.9. The maximum Gasteiger partial charge on any atom is 0.255 e. The number of nitrogens with one attached hydrogen (secondary N) is 2. The number of benzene rings is 2. The summed E-state index contributed by atoms with van der Waals surface area (Å²) < 4.78 is 26.6. The van der Waals surface area contributed by atoms with E-state index in [1.807, 2.05) is 24.3 Å². The highest BCUT2D eigenvalue weighted by molar-refractivity contribution is 7.89. The van der Waals surface area contributed by atoms with Gasteiger partial charge in [-0.15, -0.1) is 0 Å². The Morgan fingerprint density at radius 2 is 1.79 bits per heavy atom. The topological polar surface area (TPSA) is 95.2 Å². The summed E-state index contributed by atoms with van der Waals surface area (Å²) in [5.74, 6) is -0.299. The molecule has 7 nitrogen and oxygen atoms in total. The Kier molecular flexibility index (Phi) is 4.97. The molecule has 0 bridgehead atoms. The lowest BCUT2D eigenvalue weighted by molar-refractivity contribution is 0.102. The molecule has 1 aliphatic rings. The van der Waals surface area contributed by atoms with Gasteiger partial charge < -0.3 is 5.32 Å². The van der Waals surface area contributed by atoms with E-state index >= 15 is 0 Å². The van der Waals surface area contributed by atoms with Gasteiger partial charge in [-0.05, 0) is 55.3 Å². The van der Waals surface area contributed by atoms with Crippen LogP contribution in [0.15, 0.2) is 65.7 Å². The van der Waals surface area contributed by atoms with Gasteiger partial charge in [0.1, 0.15) is 0 Å². The Hall–Kier alpha value is -2.97. The van der Waals surface area contributed by atoms with Gasteiger partial charge in [0, 0.05) is 36.1 Å². The molecule has 2 N–H and O–H groups in total. The molecule has 2 aromatic carbocycles. The summed E-state index contributed by atoms with van der Waals surface area (Å²) in [7, 11) is -3.48. The largest absolute Gasteiger partial charge is 0.322 e. The zero-order valence-corrected chi connectivity index (χ0v) is 15.9. The fraction of sp³-hybridized carbons (Fsp3) is 0.200. The second-order valence-electron chi connectivity index (χ2n) is 6.64. The van der Waals surface area contributed by atoms with Crippen molar-refractivity contribution in [3.8, 4) is 11.3 Å². The average molecular weight is 396 g/mol. The van der Waals surface area contributed by atoms with E-state index in [0.717, 1.165) is 24.1 Å². The maximum atomic E-state index is 12.6. The third kappa shape index (κ3) is 3.69. The van der Waals surface area contributed by atoms with E-state index in [4.69, 9.17) is 0 Å². The fourth-order valence-corrected chi connectivity index (χ4v) is 4.76. The lowest BCUT2D eigenvalue weighted by Crippen LogP contribution is -2.27. The summed E-state index contributed by atoms with van der Waals surface area (Å²) in [4.78, 5) is 12.8. The third-order valence-electron chi connectivity index (χ3n) is 4.75. The van der Waals surface area contributed by atoms with Crippen LogP contribution in [0.2, 0.25) is 0 Å². The Balaban J connectivity index is 1.49. The molecule has 1 amide bonds. The summed E-state index contributed by atoms with van der Waals surface area (Å²) in [6.45, 7) is 1.11. The standard InChI is InChI=1S/C20H20N4O3S/c25-20(22-17-5-3-4-16(14-17)19-10-11-21-23-19)15-6-8-18(9-7-15)28(26,27)24-12-1-2-13-24/h3-11,14H,1-2,12-13H2,(H,21,23)(H,22,25). The molecule has 0 spiro atoms. The molecule has 3 aromatic rings. The first-order valence-electron chi connectivity index (χ1n) is 9.05. The Bertz CT molecular complexity index is 1070. The van der Waals surface area contributed by atoms with Crippen LogP contribution in [-0.2, 0) is 10.0 Å². The Labute approximate surface area is 163 Å². The molecular weight excluding hydrogens is 376 g/mol. The summed E-state index contributed by atoms with van der Waals surface area (Å²) in [5, 5.41) is 9.65. The molecule has 1 saturated heterocycles. The molecule has 8 heteroatoms. The zero-order chi connectivity index (χ0) is 19.6. The van der Waals surface area contributed by atoms with Gasteiger partial charge in [-0.2, -0.15) is 9.40 Å². The second kappa shape index (κ2) is 7.57. The van der Waals surface area contributed by atoms with Crippen LogP contribution >= 0.6 is 0 Å². The van der Waals surface area contributed by atoms with Crippen LogP contribution in [0.25, 0.3) is 11.3 Å². The Morgan fingerprint density at radius 3 is 2.46 bits per heavy atom. The minimum atomic E-state index is -3.48. The first kappa shape index (κ1) is 18.4. The van der Waals surface area contributed by atoms with E-state index in [1.165, 1.54) is 28.6 Å². The smallest absolute Gasteiger partial charge is 0.255 e. The van der Waals surface area contributed by atoms with Crippen molar-refractivity contribution in [1.29, 1.82) is 0 Å². The highest BCUT2D eigenvalue weighted by atomic mass is 32.2. The van der Waals surface area contributed by atoms with Gasteiger partial charge in [0.15, 0.2) is 0 Å². The lowest BCUT2D eigenvalue weighted by Gasteiger charge is -2.15. The average Bonchev–Trinajstić information content (AvgIpc) is 3.42. The summed E-state index contributed by atoms with van der Waals surface area (Å²) in [6, 6.07) is 15.3. The summed E-state index contributed by atoms with van der Waals surface area (Å²) >= 11 is 0. The quantitative estimate of drug-likeness (QED) is 0.693. The van der Waals surface area contributed by atoms with Crippen LogP contribution in [0.4, 0.5) is 5.69 Å². The predicted octanol–water partition coefficient (Wildman–Crippen LogP) is 3.11. The molecule has 0 radical (unpaired) electrons. The lowest BCUT2D eigenvalue weighted by atomic mass is 10.1. The number of H-pyrrole nitrogens is 1. The van der Waals surface area contributed by atoms with Crippen molar-refractivity contribution >= 4 is 21.6 Å². The number of aromatic amines is 1. The molecule has 1 aromatic heterocycles. The molecular formula is C20H20N4O3S. The van der Waals surface area contributed by atoms with Crippen LogP contribution in [0.5, 0.6) is 0 Å². The van der Waals surface area contributed by atoms with Crippen LogP contribution in [0, 0.1) is 0 Å². The van der Waals surface area contributed by atoms with Crippen molar-refractivity contribution in [2.24, 2.45) is 0 Å². The van der Waals surface area contributed by atoms with Crippen molar-refractivity contribution in [1.82, 2.24) is 14.5 Å². The predicted molar refractivity (Wildman–Crippen MR) is 106 cm³/mol. The van der Waals surface area contributed by atoms with Crippen molar-refractivity contribution < 1.29 is 13.2 Å². The molecule has 0 saturated carbocycles. The van der Waals surface area contributed by atoms with Gasteiger partial charge >= 0.3 is 0 Å². The summed E-state index contributed by atoms with van der Waals surface area (Å²) in [5.41, 5.74) is 2.80. The number of hydrogen-bond acceptors (Lipinski definition) is 4. The van der Waals surface area contributed by atoms with Crippen molar-refractivity contribution in [2.45, 2.75) is 17.7 Å². The van der Waals surface area contributed by atoms with Crippen LogP contribution in [0.3, 0.4) is 0 Å². The monoisotopic (exact) mass is 396 g/mol. The molecule has 2 heterocycles. The van der Waals surface area contributed by atoms with Gasteiger partial charge in [-0.25, -0.2) is 8.42 Å². The van der Waals surface area contributed by atoms with Crippen LogP contribution < -0.4 is 5.32 Å². The van der Waals surface area contributed by atoms with Crippen LogP contribution in [0.1, 0.15) is 23.2 Å². The van der Waals surface area contributed by atoms with Gasteiger partial charge in [-0.1, -0.05) is 12.1 Å². The van der Waals surface area contributed by atoms with E-state index in [0.29, 0.717) is 24.3 Å². The minimum Gasteiger partial charge on any atom is -0.322 e. The van der Waals surface area contributed by atoms with Crippen LogP contribution in [-0.4, -0.2) is 41.9 Å². The molecule has 144 valence electrons. The molecule has 0 unspecified atom stereocenters. The molecule has 28 heavy (non-hydrogen) atoms. The summed E-state index contributed by atoms with van der Waals surface area (Å²) in [6.07, 6.45) is 3.44. The second-order valence-corrected chi connectivity index (χ2v) is 8.58. The molecule has 0 atom stereocenters. The SMILES string of the molecule is O=C(Nc1cccc(-c2ccn[nH]2)c1)c1ccc(S(=O)(=O)N2CCCC2)cc1. The number of anilines is 1. The number of nitrogens with zero attached hydrogens (tertiary/aromatic N) is 2. The highest BCUT2D eigenvalue weighted by Gasteiger charge is 2.27. The number of sulfonamides is 1. The number of rotatable bonds is 5. The number of aromatic nitrogens is 2. The fourth-order valence-electron chi connectivity index (χ4n) is 3.24. The highest BCUT2D eigenvalue weighted by Crippen LogP contribution is 2.23. The zero-order valence-electron chi connectivity index (χ0n) is 15.1. The van der Waals surface area contributed by atoms with Crippen molar-refractivity contribution in [3.63, 3.8) is 0 Å². The van der Waals surface area contributed by atoms with E-state index in [9.17, 15) is 13.2 Å². The number of hydrogen-bond donors (Lipinski definition) is 2. The molecule has 4 rings (SSSR count). The minimum absolute atomic E-state index is 0.215. The van der Waals surface area contributed by atoms with Crippen molar-refractivity contribution in [2.75, 3.05) is 18.4 Å². The maximum absolute atomic E-state index is 12.6. The third-order valence-corrected chi connectivity index (χ3v) is 6.66. The van der Waals surface area contributed by atoms with E-state index in [1.54, 1.807) is 12.3 Å². The van der Waals surface area contributed by atoms with Gasteiger partial charge in [-0.3, -0.25) is 9.89 Å².